The lowest BCUT2D eigenvalue weighted by atomic mass is 9.77. The Morgan fingerprint density at radius 2 is 2.10 bits per heavy atom. The van der Waals surface area contributed by atoms with Crippen molar-refractivity contribution >= 4 is 5.97 Å². The molecular formula is C16H22FNO2. The van der Waals surface area contributed by atoms with Gasteiger partial charge < -0.3 is 4.74 Å². The van der Waals surface area contributed by atoms with Gasteiger partial charge in [0.15, 0.2) is 0 Å². The fraction of sp³-hybridized carbons (Fsp3) is 0.625. The number of hydrogen-bond donors (Lipinski definition) is 0. The molecule has 110 valence electrons. The monoisotopic (exact) mass is 279 g/mol. The van der Waals surface area contributed by atoms with Gasteiger partial charge in [-0.25, -0.2) is 4.98 Å². The van der Waals surface area contributed by atoms with Crippen molar-refractivity contribution in [2.75, 3.05) is 6.61 Å². The van der Waals surface area contributed by atoms with E-state index in [0.717, 1.165) is 31.2 Å². The number of halogens is 1. The zero-order valence-electron chi connectivity index (χ0n) is 12.2. The number of carbonyl (C=O) groups excluding carboxylic acids is 1. The number of hydrogen-bond acceptors (Lipinski definition) is 3. The van der Waals surface area contributed by atoms with Crippen LogP contribution in [-0.4, -0.2) is 17.6 Å². The first-order chi connectivity index (χ1) is 9.61. The highest BCUT2D eigenvalue weighted by molar-refractivity contribution is 5.69. The van der Waals surface area contributed by atoms with Crippen LogP contribution in [0.4, 0.5) is 4.39 Å². The molecule has 1 aromatic rings. The van der Waals surface area contributed by atoms with Crippen LogP contribution in [0.5, 0.6) is 0 Å². The molecule has 0 spiro atoms. The smallest absolute Gasteiger partial charge is 0.306 e. The molecule has 0 N–H and O–H groups in total. The molecule has 1 aliphatic carbocycles. The van der Waals surface area contributed by atoms with Gasteiger partial charge in [0.05, 0.1) is 6.61 Å². The number of pyridine rings is 1. The van der Waals surface area contributed by atoms with Gasteiger partial charge in [0, 0.05) is 18.2 Å². The molecule has 1 aliphatic rings. The first-order valence-corrected chi connectivity index (χ1v) is 7.38. The highest BCUT2D eigenvalue weighted by Gasteiger charge is 2.25. The zero-order valence-corrected chi connectivity index (χ0v) is 12.2. The van der Waals surface area contributed by atoms with E-state index < -0.39 is 0 Å². The lowest BCUT2D eigenvalue weighted by Gasteiger charge is -2.29. The molecule has 0 aromatic carbocycles. The van der Waals surface area contributed by atoms with Gasteiger partial charge in [0.1, 0.15) is 0 Å². The number of ether oxygens (including phenoxy) is 1. The summed E-state index contributed by atoms with van der Waals surface area (Å²) in [6.07, 6.45) is 6.09. The summed E-state index contributed by atoms with van der Waals surface area (Å²) in [4.78, 5) is 15.2. The van der Waals surface area contributed by atoms with E-state index in [1.54, 1.807) is 13.1 Å². The zero-order chi connectivity index (χ0) is 14.5. The predicted molar refractivity (Wildman–Crippen MR) is 74.9 cm³/mol. The summed E-state index contributed by atoms with van der Waals surface area (Å²) in [5.41, 5.74) is 1.74. The van der Waals surface area contributed by atoms with E-state index in [4.69, 9.17) is 4.74 Å². The quantitative estimate of drug-likeness (QED) is 0.622. The maximum absolute atomic E-state index is 13.5. The number of nitrogens with zero attached hydrogens (tertiary/aromatic N) is 1. The molecule has 0 radical (unpaired) electrons. The minimum atomic E-state index is -0.365. The Morgan fingerprint density at radius 3 is 2.75 bits per heavy atom. The molecule has 1 fully saturated rings. The standard InChI is InChI=1S/C16H22FNO2/c1-3-20-15(19)10-12-4-6-13(7-5-12)14-8-9-18-16(17)11(14)2/h8-9,12-13H,3-7,10H2,1-2H3/t12-,13-. The summed E-state index contributed by atoms with van der Waals surface area (Å²) in [6, 6.07) is 1.93. The third-order valence-corrected chi connectivity index (χ3v) is 4.23. The molecule has 20 heavy (non-hydrogen) atoms. The van der Waals surface area contributed by atoms with Gasteiger partial charge >= 0.3 is 5.97 Å². The average molecular weight is 279 g/mol. The van der Waals surface area contributed by atoms with Gasteiger partial charge in [-0.2, -0.15) is 4.39 Å². The summed E-state index contributed by atoms with van der Waals surface area (Å²) in [5.74, 6) is 0.349. The summed E-state index contributed by atoms with van der Waals surface area (Å²) in [6.45, 7) is 4.07. The predicted octanol–water partition coefficient (Wildman–Crippen LogP) is 3.76. The second-order valence-corrected chi connectivity index (χ2v) is 5.54. The second-order valence-electron chi connectivity index (χ2n) is 5.54. The van der Waals surface area contributed by atoms with Gasteiger partial charge in [-0.1, -0.05) is 0 Å². The fourth-order valence-corrected chi connectivity index (χ4v) is 3.10. The van der Waals surface area contributed by atoms with Gasteiger partial charge in [-0.15, -0.1) is 0 Å². The minimum absolute atomic E-state index is 0.0953. The summed E-state index contributed by atoms with van der Waals surface area (Å²) >= 11 is 0. The van der Waals surface area contributed by atoms with E-state index in [2.05, 4.69) is 4.98 Å². The molecule has 0 bridgehead atoms. The summed E-state index contributed by atoms with van der Waals surface area (Å²) in [5, 5.41) is 0. The maximum Gasteiger partial charge on any atom is 0.306 e. The Bertz CT molecular complexity index is 468. The fourth-order valence-electron chi connectivity index (χ4n) is 3.10. The molecule has 4 heteroatoms. The molecular weight excluding hydrogens is 257 g/mol. The molecule has 0 atom stereocenters. The Balaban J connectivity index is 1.91. The lowest BCUT2D eigenvalue weighted by Crippen LogP contribution is -2.18. The number of esters is 1. The minimum Gasteiger partial charge on any atom is -0.466 e. The first-order valence-electron chi connectivity index (χ1n) is 7.38. The third-order valence-electron chi connectivity index (χ3n) is 4.23. The topological polar surface area (TPSA) is 39.2 Å². The van der Waals surface area contributed by atoms with Crippen molar-refractivity contribution in [3.8, 4) is 0 Å². The second kappa shape index (κ2) is 6.82. The Kier molecular flexibility index (Phi) is 5.10. The molecule has 1 saturated carbocycles. The van der Waals surface area contributed by atoms with Crippen LogP contribution in [0.15, 0.2) is 12.3 Å². The van der Waals surface area contributed by atoms with E-state index in [-0.39, 0.29) is 11.9 Å². The normalized spacial score (nSPS) is 22.6. The van der Waals surface area contributed by atoms with Gasteiger partial charge in [0.2, 0.25) is 5.95 Å². The van der Waals surface area contributed by atoms with E-state index in [1.165, 1.54) is 0 Å². The van der Waals surface area contributed by atoms with E-state index in [0.29, 0.717) is 30.4 Å². The van der Waals surface area contributed by atoms with E-state index in [9.17, 15) is 9.18 Å². The van der Waals surface area contributed by atoms with Crippen molar-refractivity contribution in [3.63, 3.8) is 0 Å². The van der Waals surface area contributed by atoms with Crippen LogP contribution in [0, 0.1) is 18.8 Å². The first kappa shape index (κ1) is 14.9. The van der Waals surface area contributed by atoms with Crippen molar-refractivity contribution in [1.29, 1.82) is 0 Å². The van der Waals surface area contributed by atoms with Gasteiger partial charge in [-0.05, 0) is 63.0 Å². The van der Waals surface area contributed by atoms with Crippen molar-refractivity contribution < 1.29 is 13.9 Å². The largest absolute Gasteiger partial charge is 0.466 e. The summed E-state index contributed by atoms with van der Waals surface area (Å²) in [7, 11) is 0. The van der Waals surface area contributed by atoms with Gasteiger partial charge in [-0.3, -0.25) is 4.79 Å². The van der Waals surface area contributed by atoms with Crippen molar-refractivity contribution in [2.45, 2.75) is 51.9 Å². The highest BCUT2D eigenvalue weighted by Crippen LogP contribution is 2.38. The van der Waals surface area contributed by atoms with Crippen LogP contribution in [0.1, 0.15) is 56.1 Å². The van der Waals surface area contributed by atoms with Crippen LogP contribution in [0.3, 0.4) is 0 Å². The number of carbonyl (C=O) groups is 1. The average Bonchev–Trinajstić information content (AvgIpc) is 2.43. The Morgan fingerprint density at radius 1 is 1.40 bits per heavy atom. The maximum atomic E-state index is 13.5. The van der Waals surface area contributed by atoms with E-state index >= 15 is 0 Å². The Hall–Kier alpha value is -1.45. The van der Waals surface area contributed by atoms with Crippen LogP contribution < -0.4 is 0 Å². The van der Waals surface area contributed by atoms with Gasteiger partial charge in [0.25, 0.3) is 0 Å². The number of rotatable bonds is 4. The van der Waals surface area contributed by atoms with Crippen LogP contribution in [-0.2, 0) is 9.53 Å². The van der Waals surface area contributed by atoms with Crippen LogP contribution >= 0.6 is 0 Å². The molecule has 2 rings (SSSR count). The molecule has 3 nitrogen and oxygen atoms in total. The van der Waals surface area contributed by atoms with Crippen molar-refractivity contribution in [3.05, 3.63) is 29.3 Å². The SMILES string of the molecule is CCOC(=O)C[C@H]1CC[C@H](c2ccnc(F)c2C)CC1. The van der Waals surface area contributed by atoms with Crippen LogP contribution in [0.25, 0.3) is 0 Å². The van der Waals surface area contributed by atoms with Crippen molar-refractivity contribution in [1.82, 2.24) is 4.98 Å². The molecule has 0 unspecified atom stereocenters. The summed E-state index contributed by atoms with van der Waals surface area (Å²) < 4.78 is 18.5. The molecule has 0 saturated heterocycles. The molecule has 0 amide bonds. The highest BCUT2D eigenvalue weighted by atomic mass is 19.1. The van der Waals surface area contributed by atoms with E-state index in [1.807, 2.05) is 13.0 Å². The molecule has 0 aliphatic heterocycles. The lowest BCUT2D eigenvalue weighted by molar-refractivity contribution is -0.144. The van der Waals surface area contributed by atoms with Crippen LogP contribution in [0.2, 0.25) is 0 Å². The Labute approximate surface area is 119 Å². The molecule has 1 heterocycles. The van der Waals surface area contributed by atoms with Crippen molar-refractivity contribution in [2.24, 2.45) is 5.92 Å². The number of aromatic nitrogens is 1. The molecule has 1 aromatic heterocycles. The third kappa shape index (κ3) is 3.56.